The minimum atomic E-state index is -3.55. The van der Waals surface area contributed by atoms with Gasteiger partial charge in [0, 0.05) is 20.1 Å². The lowest BCUT2D eigenvalue weighted by atomic mass is 10.2. The number of hydrogen-bond donors (Lipinski definition) is 1. The molecule has 0 unspecified atom stereocenters. The molecule has 0 saturated carbocycles. The van der Waals surface area contributed by atoms with Crippen molar-refractivity contribution in [1.82, 2.24) is 4.31 Å². The Bertz CT molecular complexity index is 510. The van der Waals surface area contributed by atoms with E-state index in [4.69, 9.17) is 5.73 Å². The number of nitrogens with zero attached hydrogens (tertiary/aromatic N) is 1. The summed E-state index contributed by atoms with van der Waals surface area (Å²) in [5.74, 6) is -0.505. The number of carbonyl (C=O) groups excluding carboxylic acids is 1. The molecule has 1 aromatic rings. The van der Waals surface area contributed by atoms with Crippen LogP contribution in [0.5, 0.6) is 0 Å². The molecule has 2 N–H and O–H groups in total. The van der Waals surface area contributed by atoms with Gasteiger partial charge in [-0.3, -0.25) is 0 Å². The molecule has 0 aliphatic rings. The van der Waals surface area contributed by atoms with Crippen molar-refractivity contribution < 1.29 is 17.9 Å². The van der Waals surface area contributed by atoms with Crippen LogP contribution >= 0.6 is 0 Å². The first-order valence-corrected chi connectivity index (χ1v) is 6.72. The molecule has 0 aliphatic heterocycles. The third-order valence-electron chi connectivity index (χ3n) is 2.43. The van der Waals surface area contributed by atoms with Gasteiger partial charge in [-0.2, -0.15) is 4.31 Å². The number of ether oxygens (including phenoxy) is 1. The SMILES string of the molecule is COC(=O)c1ccc(S(=O)(=O)N(C)CCN)cc1. The van der Waals surface area contributed by atoms with Crippen LogP contribution in [-0.4, -0.2) is 45.9 Å². The lowest BCUT2D eigenvalue weighted by Crippen LogP contribution is -2.31. The van der Waals surface area contributed by atoms with Crippen molar-refractivity contribution in [3.8, 4) is 0 Å². The molecule has 6 nitrogen and oxygen atoms in total. The van der Waals surface area contributed by atoms with Gasteiger partial charge in [0.2, 0.25) is 10.0 Å². The summed E-state index contributed by atoms with van der Waals surface area (Å²) in [6.07, 6.45) is 0. The standard InChI is InChI=1S/C11H16N2O4S/c1-13(8-7-12)18(15,16)10-5-3-9(4-6-10)11(14)17-2/h3-6H,7-8,12H2,1-2H3. The van der Waals surface area contributed by atoms with Crippen LogP contribution in [0.15, 0.2) is 29.2 Å². The maximum absolute atomic E-state index is 12.0. The molecule has 100 valence electrons. The zero-order valence-electron chi connectivity index (χ0n) is 10.3. The maximum Gasteiger partial charge on any atom is 0.337 e. The number of likely N-dealkylation sites (N-methyl/N-ethyl adjacent to an activating group) is 1. The number of esters is 1. The Hall–Kier alpha value is -1.44. The zero-order valence-corrected chi connectivity index (χ0v) is 11.1. The average Bonchev–Trinajstić information content (AvgIpc) is 2.38. The van der Waals surface area contributed by atoms with Gasteiger partial charge in [-0.05, 0) is 24.3 Å². The highest BCUT2D eigenvalue weighted by atomic mass is 32.2. The molecule has 0 bridgehead atoms. The van der Waals surface area contributed by atoms with Crippen LogP contribution in [0.25, 0.3) is 0 Å². The summed E-state index contributed by atoms with van der Waals surface area (Å²) < 4.78 is 29.8. The fourth-order valence-electron chi connectivity index (χ4n) is 1.36. The van der Waals surface area contributed by atoms with Crippen LogP contribution in [0.4, 0.5) is 0 Å². The number of carbonyl (C=O) groups is 1. The van der Waals surface area contributed by atoms with E-state index in [1.807, 2.05) is 0 Å². The van der Waals surface area contributed by atoms with Gasteiger partial charge >= 0.3 is 5.97 Å². The van der Waals surface area contributed by atoms with E-state index < -0.39 is 16.0 Å². The number of methoxy groups -OCH3 is 1. The highest BCUT2D eigenvalue weighted by molar-refractivity contribution is 7.89. The van der Waals surface area contributed by atoms with Gasteiger partial charge in [0.05, 0.1) is 17.6 Å². The minimum absolute atomic E-state index is 0.117. The van der Waals surface area contributed by atoms with Crippen LogP contribution in [-0.2, 0) is 14.8 Å². The van der Waals surface area contributed by atoms with Gasteiger partial charge in [-0.25, -0.2) is 13.2 Å². The molecule has 7 heteroatoms. The van der Waals surface area contributed by atoms with Gasteiger partial charge in [0.15, 0.2) is 0 Å². The topological polar surface area (TPSA) is 89.7 Å². The number of hydrogen-bond acceptors (Lipinski definition) is 5. The minimum Gasteiger partial charge on any atom is -0.465 e. The van der Waals surface area contributed by atoms with Crippen LogP contribution in [0.2, 0.25) is 0 Å². The van der Waals surface area contributed by atoms with Crippen molar-refractivity contribution >= 4 is 16.0 Å². The lowest BCUT2D eigenvalue weighted by molar-refractivity contribution is 0.0600. The van der Waals surface area contributed by atoms with Crippen molar-refractivity contribution in [2.75, 3.05) is 27.2 Å². The molecular formula is C11H16N2O4S. The van der Waals surface area contributed by atoms with Crippen molar-refractivity contribution in [3.63, 3.8) is 0 Å². The van der Waals surface area contributed by atoms with E-state index in [-0.39, 0.29) is 18.0 Å². The summed E-state index contributed by atoms with van der Waals surface area (Å²) in [6, 6.07) is 5.56. The van der Waals surface area contributed by atoms with E-state index in [0.717, 1.165) is 0 Å². The van der Waals surface area contributed by atoms with Crippen LogP contribution in [0.1, 0.15) is 10.4 Å². The third kappa shape index (κ3) is 3.06. The smallest absolute Gasteiger partial charge is 0.337 e. The maximum atomic E-state index is 12.0. The fourth-order valence-corrected chi connectivity index (χ4v) is 2.55. The summed E-state index contributed by atoms with van der Waals surface area (Å²) in [6.45, 7) is 0.483. The Morgan fingerprint density at radius 2 is 1.89 bits per heavy atom. The number of sulfonamides is 1. The molecule has 0 spiro atoms. The lowest BCUT2D eigenvalue weighted by Gasteiger charge is -2.16. The second-order valence-corrected chi connectivity index (χ2v) is 5.68. The fraction of sp³-hybridized carbons (Fsp3) is 0.364. The largest absolute Gasteiger partial charge is 0.465 e. The van der Waals surface area contributed by atoms with E-state index in [2.05, 4.69) is 4.74 Å². The monoisotopic (exact) mass is 272 g/mol. The Labute approximate surface area is 106 Å². The molecule has 0 heterocycles. The van der Waals surface area contributed by atoms with Crippen molar-refractivity contribution in [2.24, 2.45) is 5.73 Å². The predicted octanol–water partition coefficient (Wildman–Crippen LogP) is 0.0524. The first-order valence-electron chi connectivity index (χ1n) is 5.28. The van der Waals surface area contributed by atoms with E-state index in [0.29, 0.717) is 5.56 Å². The van der Waals surface area contributed by atoms with E-state index in [1.165, 1.54) is 42.7 Å². The Kier molecular flexibility index (Phi) is 4.83. The second-order valence-electron chi connectivity index (χ2n) is 3.63. The summed E-state index contributed by atoms with van der Waals surface area (Å²) in [5, 5.41) is 0. The van der Waals surface area contributed by atoms with E-state index in [1.54, 1.807) is 0 Å². The quantitative estimate of drug-likeness (QED) is 0.765. The van der Waals surface area contributed by atoms with Gasteiger partial charge in [0.1, 0.15) is 0 Å². The van der Waals surface area contributed by atoms with Gasteiger partial charge in [-0.1, -0.05) is 0 Å². The molecule has 0 amide bonds. The molecule has 0 aromatic heterocycles. The molecule has 0 aliphatic carbocycles. The summed E-state index contributed by atoms with van der Waals surface area (Å²) >= 11 is 0. The van der Waals surface area contributed by atoms with Crippen LogP contribution in [0, 0.1) is 0 Å². The van der Waals surface area contributed by atoms with Crippen LogP contribution < -0.4 is 5.73 Å². The molecule has 0 atom stereocenters. The van der Waals surface area contributed by atoms with Gasteiger partial charge in [-0.15, -0.1) is 0 Å². The summed E-state index contributed by atoms with van der Waals surface area (Å²) in [7, 11) is -0.828. The van der Waals surface area contributed by atoms with Crippen molar-refractivity contribution in [2.45, 2.75) is 4.90 Å². The molecule has 18 heavy (non-hydrogen) atoms. The predicted molar refractivity (Wildman–Crippen MR) is 66.7 cm³/mol. The molecule has 1 rings (SSSR count). The number of benzene rings is 1. The van der Waals surface area contributed by atoms with Crippen molar-refractivity contribution in [3.05, 3.63) is 29.8 Å². The van der Waals surface area contributed by atoms with Gasteiger partial charge < -0.3 is 10.5 Å². The Morgan fingerprint density at radius 3 is 2.33 bits per heavy atom. The number of rotatable bonds is 5. The van der Waals surface area contributed by atoms with E-state index in [9.17, 15) is 13.2 Å². The average molecular weight is 272 g/mol. The molecule has 0 radical (unpaired) electrons. The first-order chi connectivity index (χ1) is 8.43. The van der Waals surface area contributed by atoms with E-state index >= 15 is 0 Å². The van der Waals surface area contributed by atoms with Gasteiger partial charge in [0.25, 0.3) is 0 Å². The first kappa shape index (κ1) is 14.6. The highest BCUT2D eigenvalue weighted by Crippen LogP contribution is 2.15. The molecular weight excluding hydrogens is 256 g/mol. The summed E-state index contributed by atoms with van der Waals surface area (Å²) in [5.41, 5.74) is 5.62. The van der Waals surface area contributed by atoms with Crippen LogP contribution in [0.3, 0.4) is 0 Å². The summed E-state index contributed by atoms with van der Waals surface area (Å²) in [4.78, 5) is 11.3. The third-order valence-corrected chi connectivity index (χ3v) is 4.30. The Balaban J connectivity index is 3.01. The molecule has 0 saturated heterocycles. The number of nitrogens with two attached hydrogens (primary N) is 1. The molecule has 0 fully saturated rings. The van der Waals surface area contributed by atoms with Crippen molar-refractivity contribution in [1.29, 1.82) is 0 Å². The highest BCUT2D eigenvalue weighted by Gasteiger charge is 2.20. The Morgan fingerprint density at radius 1 is 1.33 bits per heavy atom. The molecule has 1 aromatic carbocycles. The zero-order chi connectivity index (χ0) is 13.8. The normalized spacial score (nSPS) is 11.6. The second kappa shape index (κ2) is 5.94.